The second-order valence-corrected chi connectivity index (χ2v) is 7.12. The van der Waals surface area contributed by atoms with Crippen molar-refractivity contribution in [1.82, 2.24) is 4.57 Å². The highest BCUT2D eigenvalue weighted by molar-refractivity contribution is 7.92. The van der Waals surface area contributed by atoms with E-state index in [1.807, 2.05) is 23.6 Å². The molecule has 6 heteroatoms. The van der Waals surface area contributed by atoms with Crippen LogP contribution in [0.2, 0.25) is 0 Å². The van der Waals surface area contributed by atoms with E-state index in [1.54, 1.807) is 18.3 Å². The van der Waals surface area contributed by atoms with Crippen molar-refractivity contribution in [1.29, 1.82) is 0 Å². The van der Waals surface area contributed by atoms with Crippen LogP contribution in [-0.2, 0) is 16.6 Å². The molecule has 5 nitrogen and oxygen atoms in total. The number of aliphatic hydroxyl groups excluding tert-OH is 1. The Labute approximate surface area is 124 Å². The van der Waals surface area contributed by atoms with E-state index in [2.05, 4.69) is 4.72 Å². The maximum Gasteiger partial charge on any atom is 0.263 e. The molecule has 0 amide bonds. The molecule has 2 N–H and O–H groups in total. The van der Waals surface area contributed by atoms with E-state index in [0.29, 0.717) is 17.4 Å². The standard InChI is InChI=1S/C15H18N2O3S/c1-11-2-4-12(5-3-11)16-21(19,20)15-8-14(10-18)17(9-15)13-6-7-13/h2-5,8-9,13,16,18H,6-7,10H2,1H3. The van der Waals surface area contributed by atoms with Crippen molar-refractivity contribution in [2.24, 2.45) is 0 Å². The first-order chi connectivity index (χ1) is 9.99. The zero-order valence-electron chi connectivity index (χ0n) is 11.8. The number of nitrogens with zero attached hydrogens (tertiary/aromatic N) is 1. The maximum absolute atomic E-state index is 12.4. The van der Waals surface area contributed by atoms with Crippen LogP contribution in [0.15, 0.2) is 41.4 Å². The van der Waals surface area contributed by atoms with Gasteiger partial charge < -0.3 is 9.67 Å². The lowest BCUT2D eigenvalue weighted by atomic mass is 10.2. The number of hydrogen-bond donors (Lipinski definition) is 2. The van der Waals surface area contributed by atoms with Gasteiger partial charge >= 0.3 is 0 Å². The summed E-state index contributed by atoms with van der Waals surface area (Å²) < 4.78 is 29.2. The average Bonchev–Trinajstić information content (AvgIpc) is 3.19. The first kappa shape index (κ1) is 14.2. The largest absolute Gasteiger partial charge is 0.390 e. The van der Waals surface area contributed by atoms with Crippen molar-refractivity contribution in [3.05, 3.63) is 47.8 Å². The molecule has 3 rings (SSSR count). The van der Waals surface area contributed by atoms with Crippen molar-refractivity contribution in [2.45, 2.75) is 37.3 Å². The molecule has 21 heavy (non-hydrogen) atoms. The summed E-state index contributed by atoms with van der Waals surface area (Å²) in [6.45, 7) is 1.79. The minimum atomic E-state index is -3.63. The van der Waals surface area contributed by atoms with Gasteiger partial charge in [-0.1, -0.05) is 17.7 Å². The SMILES string of the molecule is Cc1ccc(NS(=O)(=O)c2cc(CO)n(C3CC3)c2)cc1. The molecular weight excluding hydrogens is 288 g/mol. The Bertz CT molecular complexity index is 744. The van der Waals surface area contributed by atoms with Crippen LogP contribution in [0.3, 0.4) is 0 Å². The molecule has 0 saturated heterocycles. The number of rotatable bonds is 5. The van der Waals surface area contributed by atoms with Crippen molar-refractivity contribution in [2.75, 3.05) is 4.72 Å². The Morgan fingerprint density at radius 3 is 2.52 bits per heavy atom. The van der Waals surface area contributed by atoms with Crippen LogP contribution in [0.1, 0.15) is 30.1 Å². The highest BCUT2D eigenvalue weighted by Gasteiger charge is 2.28. The molecule has 0 radical (unpaired) electrons. The molecule has 0 aliphatic heterocycles. The molecule has 1 aliphatic rings. The fraction of sp³-hybridized carbons (Fsp3) is 0.333. The summed E-state index contributed by atoms with van der Waals surface area (Å²) in [6, 6.07) is 9.04. The third kappa shape index (κ3) is 2.96. The number of aromatic nitrogens is 1. The second kappa shape index (κ2) is 5.20. The number of anilines is 1. The summed E-state index contributed by atoms with van der Waals surface area (Å²) in [7, 11) is -3.63. The van der Waals surface area contributed by atoms with Crippen molar-refractivity contribution in [3.8, 4) is 0 Å². The van der Waals surface area contributed by atoms with Gasteiger partial charge in [-0.05, 0) is 38.0 Å². The third-order valence-electron chi connectivity index (χ3n) is 3.62. The van der Waals surface area contributed by atoms with E-state index in [0.717, 1.165) is 18.4 Å². The van der Waals surface area contributed by atoms with Gasteiger partial charge in [-0.15, -0.1) is 0 Å². The Morgan fingerprint density at radius 2 is 1.95 bits per heavy atom. The molecule has 2 aromatic rings. The number of hydrogen-bond acceptors (Lipinski definition) is 3. The summed E-state index contributed by atoms with van der Waals surface area (Å²) in [5, 5.41) is 9.36. The molecule has 0 atom stereocenters. The van der Waals surface area contributed by atoms with Crippen LogP contribution < -0.4 is 4.72 Å². The van der Waals surface area contributed by atoms with Crippen LogP contribution in [0.4, 0.5) is 5.69 Å². The van der Waals surface area contributed by atoms with E-state index in [-0.39, 0.29) is 11.5 Å². The number of sulfonamides is 1. The van der Waals surface area contributed by atoms with Crippen LogP contribution >= 0.6 is 0 Å². The molecule has 1 aromatic carbocycles. The predicted molar refractivity (Wildman–Crippen MR) is 80.6 cm³/mol. The number of aliphatic hydroxyl groups is 1. The highest BCUT2D eigenvalue weighted by atomic mass is 32.2. The molecule has 1 aromatic heterocycles. The molecule has 0 unspecified atom stereocenters. The van der Waals surface area contributed by atoms with Gasteiger partial charge in [0.1, 0.15) is 4.90 Å². The fourth-order valence-corrected chi connectivity index (χ4v) is 3.41. The lowest BCUT2D eigenvalue weighted by Gasteiger charge is -2.06. The van der Waals surface area contributed by atoms with Crippen LogP contribution in [0.5, 0.6) is 0 Å². The molecule has 1 saturated carbocycles. The molecule has 0 spiro atoms. The van der Waals surface area contributed by atoms with Gasteiger partial charge in [0.25, 0.3) is 10.0 Å². The molecule has 0 bridgehead atoms. The monoisotopic (exact) mass is 306 g/mol. The zero-order chi connectivity index (χ0) is 15.0. The lowest BCUT2D eigenvalue weighted by molar-refractivity contribution is 0.270. The van der Waals surface area contributed by atoms with Crippen molar-refractivity contribution in [3.63, 3.8) is 0 Å². The molecule has 1 aliphatic carbocycles. The minimum absolute atomic E-state index is 0.156. The Kier molecular flexibility index (Phi) is 3.51. The Hall–Kier alpha value is -1.79. The van der Waals surface area contributed by atoms with E-state index in [1.165, 1.54) is 6.07 Å². The fourth-order valence-electron chi connectivity index (χ4n) is 2.30. The number of aryl methyl sites for hydroxylation is 1. The quantitative estimate of drug-likeness (QED) is 0.891. The highest BCUT2D eigenvalue weighted by Crippen LogP contribution is 2.37. The van der Waals surface area contributed by atoms with E-state index < -0.39 is 10.0 Å². The predicted octanol–water partition coefficient (Wildman–Crippen LogP) is 2.42. The minimum Gasteiger partial charge on any atom is -0.390 e. The third-order valence-corrected chi connectivity index (χ3v) is 4.97. The smallest absolute Gasteiger partial charge is 0.263 e. The summed E-state index contributed by atoms with van der Waals surface area (Å²) in [5.74, 6) is 0. The van der Waals surface area contributed by atoms with Crippen LogP contribution in [-0.4, -0.2) is 18.1 Å². The summed E-state index contributed by atoms with van der Waals surface area (Å²) in [5.41, 5.74) is 2.24. The van der Waals surface area contributed by atoms with Crippen LogP contribution in [0.25, 0.3) is 0 Å². The first-order valence-electron chi connectivity index (χ1n) is 6.91. The number of nitrogens with one attached hydrogen (secondary N) is 1. The number of benzene rings is 1. The topological polar surface area (TPSA) is 71.3 Å². The van der Waals surface area contributed by atoms with E-state index >= 15 is 0 Å². The maximum atomic E-state index is 12.4. The van der Waals surface area contributed by atoms with E-state index in [9.17, 15) is 13.5 Å². The molecular formula is C15H18N2O3S. The lowest BCUT2D eigenvalue weighted by Crippen LogP contribution is -2.12. The van der Waals surface area contributed by atoms with E-state index in [4.69, 9.17) is 0 Å². The van der Waals surface area contributed by atoms with Gasteiger partial charge in [0.2, 0.25) is 0 Å². The van der Waals surface area contributed by atoms with Crippen molar-refractivity contribution >= 4 is 15.7 Å². The normalized spacial score (nSPS) is 15.1. The van der Waals surface area contributed by atoms with Crippen LogP contribution in [0, 0.1) is 6.92 Å². The Balaban J connectivity index is 1.89. The van der Waals surface area contributed by atoms with Gasteiger partial charge in [0.05, 0.1) is 6.61 Å². The molecule has 1 heterocycles. The summed E-state index contributed by atoms with van der Waals surface area (Å²) in [6.07, 6.45) is 3.68. The summed E-state index contributed by atoms with van der Waals surface area (Å²) in [4.78, 5) is 0.194. The first-order valence-corrected chi connectivity index (χ1v) is 8.39. The van der Waals surface area contributed by atoms with Gasteiger partial charge in [-0.25, -0.2) is 8.42 Å². The van der Waals surface area contributed by atoms with Gasteiger partial charge in [0, 0.05) is 23.6 Å². The van der Waals surface area contributed by atoms with Gasteiger partial charge in [-0.2, -0.15) is 0 Å². The van der Waals surface area contributed by atoms with Crippen molar-refractivity contribution < 1.29 is 13.5 Å². The molecule has 112 valence electrons. The molecule has 1 fully saturated rings. The zero-order valence-corrected chi connectivity index (χ0v) is 12.6. The van der Waals surface area contributed by atoms with Gasteiger partial charge in [-0.3, -0.25) is 4.72 Å². The average molecular weight is 306 g/mol. The second-order valence-electron chi connectivity index (χ2n) is 5.44. The summed E-state index contributed by atoms with van der Waals surface area (Å²) >= 11 is 0. The van der Waals surface area contributed by atoms with Gasteiger partial charge in [0.15, 0.2) is 0 Å². The Morgan fingerprint density at radius 1 is 1.29 bits per heavy atom.